The summed E-state index contributed by atoms with van der Waals surface area (Å²) in [7, 11) is 0. The quantitative estimate of drug-likeness (QED) is 0.662. The van der Waals surface area contributed by atoms with E-state index in [9.17, 15) is 0 Å². The van der Waals surface area contributed by atoms with Crippen LogP contribution in [0.5, 0.6) is 0 Å². The number of hydrogen-bond acceptors (Lipinski definition) is 3. The molecular formula is C8H18N2S. The van der Waals surface area contributed by atoms with Crippen LogP contribution in [0.4, 0.5) is 0 Å². The average molecular weight is 174 g/mol. The minimum absolute atomic E-state index is 0.623. The molecule has 2 nitrogen and oxygen atoms in total. The first kappa shape index (κ1) is 9.36. The van der Waals surface area contributed by atoms with Crippen molar-refractivity contribution in [2.45, 2.75) is 31.1 Å². The van der Waals surface area contributed by atoms with E-state index in [1.54, 1.807) is 0 Å². The predicted octanol–water partition coefficient (Wildman–Crippen LogP) is 0.819. The molecule has 3 heteroatoms. The molecule has 0 radical (unpaired) electrons. The van der Waals surface area contributed by atoms with Gasteiger partial charge in [-0.25, -0.2) is 0 Å². The summed E-state index contributed by atoms with van der Waals surface area (Å²) in [4.78, 5) is 0. The van der Waals surface area contributed by atoms with Gasteiger partial charge in [0, 0.05) is 23.6 Å². The topological polar surface area (TPSA) is 38.0 Å². The fourth-order valence-electron chi connectivity index (χ4n) is 1.25. The summed E-state index contributed by atoms with van der Waals surface area (Å²) >= 11 is 1.99. The van der Waals surface area contributed by atoms with E-state index < -0.39 is 0 Å². The summed E-state index contributed by atoms with van der Waals surface area (Å²) < 4.78 is 0. The zero-order valence-electron chi connectivity index (χ0n) is 7.18. The fourth-order valence-corrected chi connectivity index (χ4v) is 2.23. The molecule has 3 N–H and O–H groups in total. The van der Waals surface area contributed by atoms with Crippen molar-refractivity contribution in [1.29, 1.82) is 0 Å². The van der Waals surface area contributed by atoms with Crippen molar-refractivity contribution in [3.05, 3.63) is 0 Å². The maximum absolute atomic E-state index is 5.52. The van der Waals surface area contributed by atoms with Crippen LogP contribution in [0, 0.1) is 0 Å². The van der Waals surface area contributed by atoms with Crippen LogP contribution in [0.15, 0.2) is 0 Å². The molecule has 11 heavy (non-hydrogen) atoms. The summed E-state index contributed by atoms with van der Waals surface area (Å²) in [5.41, 5.74) is 5.52. The van der Waals surface area contributed by atoms with Gasteiger partial charge in [-0.1, -0.05) is 6.92 Å². The molecule has 0 saturated carbocycles. The van der Waals surface area contributed by atoms with Crippen molar-refractivity contribution >= 4 is 11.8 Å². The van der Waals surface area contributed by atoms with Gasteiger partial charge in [0.2, 0.25) is 0 Å². The molecule has 0 spiro atoms. The van der Waals surface area contributed by atoms with Crippen molar-refractivity contribution in [3.63, 3.8) is 0 Å². The van der Waals surface area contributed by atoms with Crippen LogP contribution < -0.4 is 11.1 Å². The Morgan fingerprint density at radius 2 is 2.55 bits per heavy atom. The van der Waals surface area contributed by atoms with E-state index in [4.69, 9.17) is 5.73 Å². The van der Waals surface area contributed by atoms with Crippen LogP contribution >= 0.6 is 11.8 Å². The molecule has 1 aliphatic rings. The minimum atomic E-state index is 0.623. The van der Waals surface area contributed by atoms with Gasteiger partial charge in [0.15, 0.2) is 0 Å². The molecule has 0 amide bonds. The Morgan fingerprint density at radius 3 is 3.09 bits per heavy atom. The number of nitrogens with two attached hydrogens (primary N) is 1. The number of thioether (sulfide) groups is 1. The highest BCUT2D eigenvalue weighted by Gasteiger charge is 2.14. The van der Waals surface area contributed by atoms with E-state index in [0.717, 1.165) is 12.6 Å². The molecule has 0 bridgehead atoms. The standard InChI is InChI=1S/C8H18N2S/c1-7(5-9)11-6-8-3-2-4-10-8/h7-8,10H,2-6,9H2,1H3/t7?,8-/m1/s1. The van der Waals surface area contributed by atoms with E-state index in [2.05, 4.69) is 12.2 Å². The zero-order valence-corrected chi connectivity index (χ0v) is 7.99. The molecule has 0 aromatic rings. The Morgan fingerprint density at radius 1 is 1.73 bits per heavy atom. The SMILES string of the molecule is CC(CN)SC[C@H]1CCCN1. The molecule has 0 aromatic heterocycles. The Bertz CT molecular complexity index is 102. The molecule has 1 fully saturated rings. The minimum Gasteiger partial charge on any atom is -0.329 e. The maximum atomic E-state index is 5.52. The van der Waals surface area contributed by atoms with Gasteiger partial charge in [-0.2, -0.15) is 11.8 Å². The smallest absolute Gasteiger partial charge is 0.0158 e. The van der Waals surface area contributed by atoms with Gasteiger partial charge in [0.1, 0.15) is 0 Å². The molecular weight excluding hydrogens is 156 g/mol. The average Bonchev–Trinajstić information content (AvgIpc) is 2.52. The first-order valence-corrected chi connectivity index (χ1v) is 5.43. The third-order valence-corrected chi connectivity index (χ3v) is 3.43. The maximum Gasteiger partial charge on any atom is 0.0158 e. The highest BCUT2D eigenvalue weighted by molar-refractivity contribution is 7.99. The number of hydrogen-bond donors (Lipinski definition) is 2. The van der Waals surface area contributed by atoms with E-state index in [1.165, 1.54) is 25.1 Å². The Balaban J connectivity index is 2.01. The molecule has 0 aliphatic carbocycles. The van der Waals surface area contributed by atoms with Gasteiger partial charge >= 0.3 is 0 Å². The summed E-state index contributed by atoms with van der Waals surface area (Å²) in [5.74, 6) is 1.23. The Hall–Kier alpha value is 0.270. The van der Waals surface area contributed by atoms with Gasteiger partial charge in [0.25, 0.3) is 0 Å². The Labute approximate surface area is 73.3 Å². The van der Waals surface area contributed by atoms with Crippen LogP contribution in [-0.2, 0) is 0 Å². The van der Waals surface area contributed by atoms with E-state index >= 15 is 0 Å². The van der Waals surface area contributed by atoms with Crippen LogP contribution in [0.3, 0.4) is 0 Å². The van der Waals surface area contributed by atoms with Crippen LogP contribution in [-0.4, -0.2) is 30.1 Å². The lowest BCUT2D eigenvalue weighted by Gasteiger charge is -2.12. The molecule has 1 heterocycles. The lowest BCUT2D eigenvalue weighted by molar-refractivity contribution is 0.672. The van der Waals surface area contributed by atoms with E-state index in [-0.39, 0.29) is 0 Å². The Kier molecular flexibility index (Phi) is 4.26. The van der Waals surface area contributed by atoms with E-state index in [1.807, 2.05) is 11.8 Å². The molecule has 1 rings (SSSR count). The van der Waals surface area contributed by atoms with Gasteiger partial charge in [-0.15, -0.1) is 0 Å². The largest absolute Gasteiger partial charge is 0.329 e. The first-order chi connectivity index (χ1) is 5.33. The third kappa shape index (κ3) is 3.45. The van der Waals surface area contributed by atoms with Crippen molar-refractivity contribution in [2.24, 2.45) is 5.73 Å². The van der Waals surface area contributed by atoms with Gasteiger partial charge in [-0.3, -0.25) is 0 Å². The van der Waals surface area contributed by atoms with Gasteiger partial charge in [0.05, 0.1) is 0 Å². The normalized spacial score (nSPS) is 27.3. The lowest BCUT2D eigenvalue weighted by Crippen LogP contribution is -2.25. The molecule has 1 unspecified atom stereocenters. The third-order valence-electron chi connectivity index (χ3n) is 2.08. The van der Waals surface area contributed by atoms with Crippen molar-refractivity contribution < 1.29 is 0 Å². The second-order valence-electron chi connectivity index (χ2n) is 3.17. The van der Waals surface area contributed by atoms with Gasteiger partial charge < -0.3 is 11.1 Å². The summed E-state index contributed by atoms with van der Waals surface area (Å²) in [5, 5.41) is 4.10. The zero-order chi connectivity index (χ0) is 8.10. The highest BCUT2D eigenvalue weighted by atomic mass is 32.2. The molecule has 0 aromatic carbocycles. The first-order valence-electron chi connectivity index (χ1n) is 4.38. The van der Waals surface area contributed by atoms with Crippen molar-refractivity contribution in [2.75, 3.05) is 18.8 Å². The van der Waals surface area contributed by atoms with Crippen molar-refractivity contribution in [1.82, 2.24) is 5.32 Å². The number of nitrogens with one attached hydrogen (secondary N) is 1. The summed E-state index contributed by atoms with van der Waals surface area (Å²) in [6, 6.07) is 0.758. The summed E-state index contributed by atoms with van der Waals surface area (Å²) in [6.07, 6.45) is 2.70. The van der Waals surface area contributed by atoms with Crippen LogP contribution in [0.25, 0.3) is 0 Å². The monoisotopic (exact) mass is 174 g/mol. The molecule has 66 valence electrons. The second kappa shape index (κ2) is 5.01. The van der Waals surface area contributed by atoms with Crippen molar-refractivity contribution in [3.8, 4) is 0 Å². The van der Waals surface area contributed by atoms with Gasteiger partial charge in [-0.05, 0) is 19.4 Å². The van der Waals surface area contributed by atoms with Crippen LogP contribution in [0.1, 0.15) is 19.8 Å². The fraction of sp³-hybridized carbons (Fsp3) is 1.00. The molecule has 1 aliphatic heterocycles. The summed E-state index contributed by atoms with van der Waals surface area (Å²) in [6.45, 7) is 4.21. The van der Waals surface area contributed by atoms with E-state index in [0.29, 0.717) is 5.25 Å². The predicted molar refractivity (Wildman–Crippen MR) is 52.0 cm³/mol. The molecule has 1 saturated heterocycles. The van der Waals surface area contributed by atoms with Crippen LogP contribution in [0.2, 0.25) is 0 Å². The second-order valence-corrected chi connectivity index (χ2v) is 4.64. The molecule has 2 atom stereocenters. The number of rotatable bonds is 4. The lowest BCUT2D eigenvalue weighted by atomic mass is 10.3. The highest BCUT2D eigenvalue weighted by Crippen LogP contribution is 2.15.